The van der Waals surface area contributed by atoms with E-state index in [2.05, 4.69) is 4.98 Å². The van der Waals surface area contributed by atoms with Crippen LogP contribution in [0.1, 0.15) is 11.6 Å². The van der Waals surface area contributed by atoms with Crippen LogP contribution in [0.25, 0.3) is 10.8 Å². The number of hydrogen-bond donors (Lipinski definition) is 0. The fraction of sp³-hybridized carbons (Fsp3) is 0.115. The lowest BCUT2D eigenvalue weighted by Gasteiger charge is -2.28. The molecule has 0 saturated carbocycles. The van der Waals surface area contributed by atoms with Gasteiger partial charge in [-0.2, -0.15) is 0 Å². The van der Waals surface area contributed by atoms with Crippen LogP contribution in [0.2, 0.25) is 0 Å². The Hall–Kier alpha value is -4.03. The zero-order valence-corrected chi connectivity index (χ0v) is 17.0. The minimum Gasteiger partial charge on any atom is -0.273 e. The summed E-state index contributed by atoms with van der Waals surface area (Å²) in [6.07, 6.45) is 2.50. The van der Waals surface area contributed by atoms with E-state index in [1.807, 2.05) is 84.9 Å². The number of imide groups is 1. The number of aromatic nitrogens is 1. The molecule has 3 aromatic carbocycles. The molecule has 156 valence electrons. The third-order valence-corrected chi connectivity index (χ3v) is 6.16. The Kier molecular flexibility index (Phi) is 4.26. The van der Waals surface area contributed by atoms with Gasteiger partial charge < -0.3 is 0 Å². The van der Waals surface area contributed by atoms with E-state index in [0.717, 1.165) is 22.0 Å². The number of amides is 2. The second-order valence-corrected chi connectivity index (χ2v) is 7.98. The first-order valence-electron chi connectivity index (χ1n) is 10.5. The Balaban J connectivity index is 1.43. The van der Waals surface area contributed by atoms with Gasteiger partial charge in [0, 0.05) is 12.4 Å². The summed E-state index contributed by atoms with van der Waals surface area (Å²) in [4.78, 5) is 38.6. The van der Waals surface area contributed by atoms with Crippen molar-refractivity contribution in [3.8, 4) is 0 Å². The molecule has 6 nitrogen and oxygen atoms in total. The molecule has 2 aliphatic rings. The van der Waals surface area contributed by atoms with Gasteiger partial charge in [0.1, 0.15) is 5.92 Å². The van der Waals surface area contributed by atoms with Crippen molar-refractivity contribution in [3.63, 3.8) is 0 Å². The van der Waals surface area contributed by atoms with E-state index < -0.39 is 18.1 Å². The minimum atomic E-state index is -0.882. The maximum absolute atomic E-state index is 13.7. The molecular formula is C26H19N3O3. The van der Waals surface area contributed by atoms with Crippen LogP contribution in [0.5, 0.6) is 0 Å². The van der Waals surface area contributed by atoms with Crippen LogP contribution in [-0.2, 0) is 14.4 Å². The van der Waals surface area contributed by atoms with Crippen LogP contribution in [0, 0.1) is 5.92 Å². The third-order valence-electron chi connectivity index (χ3n) is 6.16. The van der Waals surface area contributed by atoms with Crippen LogP contribution in [-0.4, -0.2) is 22.9 Å². The van der Waals surface area contributed by atoms with E-state index in [0.29, 0.717) is 5.69 Å². The lowest BCUT2D eigenvalue weighted by atomic mass is 9.91. The second-order valence-electron chi connectivity index (χ2n) is 7.98. The molecule has 6 heteroatoms. The molecule has 2 saturated heterocycles. The van der Waals surface area contributed by atoms with E-state index in [1.165, 1.54) is 4.90 Å². The zero-order valence-electron chi connectivity index (χ0n) is 17.0. The summed E-state index contributed by atoms with van der Waals surface area (Å²) in [5.74, 6) is -1.25. The summed E-state index contributed by atoms with van der Waals surface area (Å²) in [6, 6.07) is 26.3. The molecule has 3 heterocycles. The lowest BCUT2D eigenvalue weighted by Crippen LogP contribution is -2.37. The molecule has 3 atom stereocenters. The molecule has 1 aromatic heterocycles. The summed E-state index contributed by atoms with van der Waals surface area (Å²) in [5.41, 5.74) is 2.23. The van der Waals surface area contributed by atoms with Crippen LogP contribution in [0.15, 0.2) is 97.3 Å². The van der Waals surface area contributed by atoms with Gasteiger partial charge in [-0.05, 0) is 52.7 Å². The number of hydrogen-bond acceptors (Lipinski definition) is 5. The molecule has 32 heavy (non-hydrogen) atoms. The van der Waals surface area contributed by atoms with Crippen LogP contribution in [0.4, 0.5) is 11.4 Å². The van der Waals surface area contributed by atoms with E-state index in [9.17, 15) is 9.59 Å². The van der Waals surface area contributed by atoms with Gasteiger partial charge in [-0.15, -0.1) is 0 Å². The summed E-state index contributed by atoms with van der Waals surface area (Å²) in [5, 5.41) is 3.72. The quantitative estimate of drug-likeness (QED) is 0.462. The molecule has 0 spiro atoms. The molecule has 0 radical (unpaired) electrons. The van der Waals surface area contributed by atoms with Crippen molar-refractivity contribution >= 4 is 34.0 Å². The highest BCUT2D eigenvalue weighted by molar-refractivity contribution is 6.24. The summed E-state index contributed by atoms with van der Waals surface area (Å²) >= 11 is 0. The summed E-state index contributed by atoms with van der Waals surface area (Å²) < 4.78 is 0. The van der Waals surface area contributed by atoms with Crippen LogP contribution >= 0.6 is 0 Å². The van der Waals surface area contributed by atoms with Crippen molar-refractivity contribution in [3.05, 3.63) is 103 Å². The largest absolute Gasteiger partial charge is 0.273 e. The smallest absolute Gasteiger partial charge is 0.266 e. The van der Waals surface area contributed by atoms with Gasteiger partial charge in [0.05, 0.1) is 17.4 Å². The average molecular weight is 421 g/mol. The summed E-state index contributed by atoms with van der Waals surface area (Å²) in [7, 11) is 0. The number of carbonyl (C=O) groups excluding carboxylic acids is 2. The number of benzene rings is 3. The number of pyridine rings is 1. The molecule has 2 fully saturated rings. The van der Waals surface area contributed by atoms with E-state index >= 15 is 0 Å². The van der Waals surface area contributed by atoms with Crippen molar-refractivity contribution in [1.82, 2.24) is 4.98 Å². The summed E-state index contributed by atoms with van der Waals surface area (Å²) in [6.45, 7) is 0. The maximum atomic E-state index is 13.7. The van der Waals surface area contributed by atoms with Gasteiger partial charge in [-0.25, -0.2) is 9.96 Å². The Bertz CT molecular complexity index is 1330. The van der Waals surface area contributed by atoms with Crippen molar-refractivity contribution in [2.45, 2.75) is 12.1 Å². The monoisotopic (exact) mass is 421 g/mol. The van der Waals surface area contributed by atoms with Gasteiger partial charge >= 0.3 is 0 Å². The number of rotatable bonds is 3. The van der Waals surface area contributed by atoms with Crippen molar-refractivity contribution in [1.29, 1.82) is 0 Å². The minimum absolute atomic E-state index is 0.254. The van der Waals surface area contributed by atoms with E-state index in [-0.39, 0.29) is 11.8 Å². The highest BCUT2D eigenvalue weighted by atomic mass is 16.7. The topological polar surface area (TPSA) is 62.7 Å². The highest BCUT2D eigenvalue weighted by Crippen LogP contribution is 2.47. The van der Waals surface area contributed by atoms with Gasteiger partial charge in [0.15, 0.2) is 6.10 Å². The fourth-order valence-corrected chi connectivity index (χ4v) is 4.68. The molecule has 4 aromatic rings. The Morgan fingerprint density at radius 1 is 0.719 bits per heavy atom. The fourth-order valence-electron chi connectivity index (χ4n) is 4.68. The van der Waals surface area contributed by atoms with Gasteiger partial charge in [-0.1, -0.05) is 48.5 Å². The van der Waals surface area contributed by atoms with E-state index in [4.69, 9.17) is 4.84 Å². The zero-order chi connectivity index (χ0) is 21.7. The number of para-hydroxylation sites is 1. The molecule has 0 bridgehead atoms. The lowest BCUT2D eigenvalue weighted by molar-refractivity contribution is -0.126. The number of fused-ring (bicyclic) bond motifs is 2. The van der Waals surface area contributed by atoms with Crippen molar-refractivity contribution < 1.29 is 14.4 Å². The molecule has 2 aliphatic heterocycles. The van der Waals surface area contributed by atoms with Crippen LogP contribution < -0.4 is 9.96 Å². The molecule has 0 aliphatic carbocycles. The Labute approximate surface area is 184 Å². The first kappa shape index (κ1) is 18.7. The maximum Gasteiger partial charge on any atom is 0.266 e. The van der Waals surface area contributed by atoms with Crippen molar-refractivity contribution in [2.24, 2.45) is 5.92 Å². The van der Waals surface area contributed by atoms with Gasteiger partial charge in [-0.3, -0.25) is 19.4 Å². The Morgan fingerprint density at radius 2 is 1.44 bits per heavy atom. The van der Waals surface area contributed by atoms with Gasteiger partial charge in [0.25, 0.3) is 5.91 Å². The first-order chi connectivity index (χ1) is 15.7. The SMILES string of the molecule is O=C1[C@H]2[C@H](ON(c3ccccc3)[C@@H]2c2ccncc2)C(=O)N1c1ccc2ccccc2c1. The first-order valence-corrected chi connectivity index (χ1v) is 10.5. The van der Waals surface area contributed by atoms with Gasteiger partial charge in [0.2, 0.25) is 5.91 Å². The standard InChI is InChI=1S/C26H19N3O3/c30-25-22-23(18-12-14-27-15-13-18)29(20-8-2-1-3-9-20)32-24(22)26(31)28(25)21-11-10-17-6-4-5-7-19(17)16-21/h1-16,22-24H/t22-,23-,24+/m1/s1. The molecular weight excluding hydrogens is 402 g/mol. The average Bonchev–Trinajstić information content (AvgIpc) is 3.36. The second kappa shape index (κ2) is 7.28. The molecule has 6 rings (SSSR count). The van der Waals surface area contributed by atoms with E-state index in [1.54, 1.807) is 17.5 Å². The number of hydroxylamine groups is 1. The number of carbonyl (C=O) groups is 2. The molecule has 0 unspecified atom stereocenters. The molecule has 2 amide bonds. The third kappa shape index (κ3) is 2.81. The molecule has 0 N–H and O–H groups in total. The number of nitrogens with zero attached hydrogens (tertiary/aromatic N) is 3. The Morgan fingerprint density at radius 3 is 2.22 bits per heavy atom. The normalized spacial score (nSPS) is 22.6. The predicted molar refractivity (Wildman–Crippen MR) is 121 cm³/mol. The number of anilines is 2. The van der Waals surface area contributed by atoms with Crippen molar-refractivity contribution in [2.75, 3.05) is 9.96 Å². The predicted octanol–water partition coefficient (Wildman–Crippen LogP) is 4.29. The van der Waals surface area contributed by atoms with Crippen LogP contribution in [0.3, 0.4) is 0 Å². The highest BCUT2D eigenvalue weighted by Gasteiger charge is 2.60.